The Hall–Kier alpha value is -3.06. The molecular formula is C22H25N5OS. The minimum absolute atomic E-state index is 0.0297. The maximum atomic E-state index is 12.1. The summed E-state index contributed by atoms with van der Waals surface area (Å²) in [6.07, 6.45) is 2.25. The summed E-state index contributed by atoms with van der Waals surface area (Å²) in [5.74, 6) is 1.51. The minimum Gasteiger partial charge on any atom is -0.378 e. The Bertz CT molecular complexity index is 911. The smallest absolute Gasteiger partial charge is 0.221 e. The van der Waals surface area contributed by atoms with Crippen LogP contribution in [0.5, 0.6) is 0 Å². The molecule has 1 aromatic heterocycles. The van der Waals surface area contributed by atoms with Crippen LogP contribution in [-0.4, -0.2) is 26.4 Å². The van der Waals surface area contributed by atoms with E-state index in [0.717, 1.165) is 22.2 Å². The molecular weight excluding hydrogens is 382 g/mol. The number of para-hydroxylation sites is 1. The second-order valence-corrected chi connectivity index (χ2v) is 7.44. The summed E-state index contributed by atoms with van der Waals surface area (Å²) in [6.45, 7) is 5.57. The van der Waals surface area contributed by atoms with Gasteiger partial charge >= 0.3 is 0 Å². The number of hydrogen-bond donors (Lipinski definition) is 2. The van der Waals surface area contributed by atoms with Crippen molar-refractivity contribution in [2.45, 2.75) is 31.2 Å². The van der Waals surface area contributed by atoms with Crippen LogP contribution < -0.4 is 10.6 Å². The number of carbonyl (C=O) groups excluding carboxylic acids is 1. The van der Waals surface area contributed by atoms with E-state index >= 15 is 0 Å². The predicted octanol–water partition coefficient (Wildman–Crippen LogP) is 3.87. The largest absolute Gasteiger partial charge is 0.378 e. The van der Waals surface area contributed by atoms with Gasteiger partial charge in [0.1, 0.15) is 0 Å². The normalized spacial score (nSPS) is 10.5. The third-order valence-electron chi connectivity index (χ3n) is 4.22. The lowest BCUT2D eigenvalue weighted by atomic mass is 10.2. The second-order valence-electron chi connectivity index (χ2n) is 6.38. The van der Waals surface area contributed by atoms with Gasteiger partial charge < -0.3 is 15.2 Å². The van der Waals surface area contributed by atoms with Crippen LogP contribution in [0, 0.1) is 0 Å². The first-order valence-corrected chi connectivity index (χ1v) is 10.5. The number of rotatable bonds is 11. The summed E-state index contributed by atoms with van der Waals surface area (Å²) in [7, 11) is 0. The lowest BCUT2D eigenvalue weighted by Gasteiger charge is -2.09. The van der Waals surface area contributed by atoms with Gasteiger partial charge in [-0.25, -0.2) is 0 Å². The number of anilines is 1. The van der Waals surface area contributed by atoms with Crippen molar-refractivity contribution in [1.82, 2.24) is 20.1 Å². The van der Waals surface area contributed by atoms with E-state index in [1.807, 2.05) is 71.3 Å². The van der Waals surface area contributed by atoms with Crippen molar-refractivity contribution in [2.24, 2.45) is 0 Å². The molecule has 6 nitrogen and oxygen atoms in total. The van der Waals surface area contributed by atoms with Gasteiger partial charge in [-0.15, -0.1) is 16.8 Å². The highest BCUT2D eigenvalue weighted by Crippen LogP contribution is 2.19. The van der Waals surface area contributed by atoms with Gasteiger partial charge in [0.15, 0.2) is 11.0 Å². The topological polar surface area (TPSA) is 71.8 Å². The Balaban J connectivity index is 1.49. The Morgan fingerprint density at radius 3 is 2.48 bits per heavy atom. The van der Waals surface area contributed by atoms with Crippen LogP contribution in [0.4, 0.5) is 5.69 Å². The molecule has 7 heteroatoms. The molecule has 0 unspecified atom stereocenters. The third kappa shape index (κ3) is 6.50. The first-order chi connectivity index (χ1) is 14.3. The molecule has 0 aliphatic rings. The summed E-state index contributed by atoms with van der Waals surface area (Å²) >= 11 is 1.53. The molecule has 0 saturated heterocycles. The first kappa shape index (κ1) is 20.7. The minimum atomic E-state index is 0.0297. The van der Waals surface area contributed by atoms with E-state index in [9.17, 15) is 4.79 Å². The van der Waals surface area contributed by atoms with Gasteiger partial charge in [-0.05, 0) is 17.7 Å². The lowest BCUT2D eigenvalue weighted by Crippen LogP contribution is -2.23. The van der Waals surface area contributed by atoms with Crippen LogP contribution in [0.3, 0.4) is 0 Å². The maximum Gasteiger partial charge on any atom is 0.221 e. The number of nitrogens with zero attached hydrogens (tertiary/aromatic N) is 3. The molecule has 150 valence electrons. The van der Waals surface area contributed by atoms with Gasteiger partial charge in [0.25, 0.3) is 0 Å². The van der Waals surface area contributed by atoms with E-state index in [0.29, 0.717) is 31.8 Å². The van der Waals surface area contributed by atoms with Crippen LogP contribution in [0.1, 0.15) is 17.8 Å². The van der Waals surface area contributed by atoms with E-state index in [1.165, 1.54) is 11.8 Å². The van der Waals surface area contributed by atoms with Gasteiger partial charge in [0.2, 0.25) is 5.91 Å². The molecule has 2 N–H and O–H groups in total. The summed E-state index contributed by atoms with van der Waals surface area (Å²) in [5, 5.41) is 15.7. The maximum absolute atomic E-state index is 12.1. The number of nitrogens with one attached hydrogen (secondary N) is 2. The van der Waals surface area contributed by atoms with Crippen LogP contribution in [-0.2, 0) is 24.4 Å². The number of allylic oxidation sites excluding steroid dienone is 1. The third-order valence-corrected chi connectivity index (χ3v) is 5.19. The zero-order chi connectivity index (χ0) is 20.3. The van der Waals surface area contributed by atoms with E-state index in [2.05, 4.69) is 27.4 Å². The highest BCUT2D eigenvalue weighted by atomic mass is 32.2. The predicted molar refractivity (Wildman–Crippen MR) is 118 cm³/mol. The fourth-order valence-corrected chi connectivity index (χ4v) is 3.63. The fourth-order valence-electron chi connectivity index (χ4n) is 2.73. The van der Waals surface area contributed by atoms with E-state index in [1.54, 1.807) is 0 Å². The van der Waals surface area contributed by atoms with Crippen molar-refractivity contribution in [2.75, 3.05) is 11.1 Å². The average Bonchev–Trinajstić information content (AvgIpc) is 3.14. The molecule has 29 heavy (non-hydrogen) atoms. The number of hydrogen-bond acceptors (Lipinski definition) is 5. The highest BCUT2D eigenvalue weighted by molar-refractivity contribution is 7.99. The highest BCUT2D eigenvalue weighted by Gasteiger charge is 2.12. The number of amides is 1. The quantitative estimate of drug-likeness (QED) is 0.373. The molecule has 2 aromatic carbocycles. The molecule has 0 spiro atoms. The zero-order valence-electron chi connectivity index (χ0n) is 16.3. The molecule has 0 bridgehead atoms. The molecule has 1 heterocycles. The van der Waals surface area contributed by atoms with E-state index < -0.39 is 0 Å². The molecule has 0 aliphatic heterocycles. The fraction of sp³-hybridized carbons (Fsp3) is 0.227. The zero-order valence-corrected chi connectivity index (χ0v) is 17.1. The van der Waals surface area contributed by atoms with Crippen LogP contribution in [0.25, 0.3) is 0 Å². The molecule has 0 fully saturated rings. The van der Waals surface area contributed by atoms with Crippen LogP contribution in [0.15, 0.2) is 78.5 Å². The monoisotopic (exact) mass is 407 g/mol. The summed E-state index contributed by atoms with van der Waals surface area (Å²) in [6, 6.07) is 19.9. The van der Waals surface area contributed by atoms with Gasteiger partial charge in [0, 0.05) is 31.0 Å². The molecule has 0 radical (unpaired) electrons. The van der Waals surface area contributed by atoms with Crippen LogP contribution in [0.2, 0.25) is 0 Å². The standard InChI is InChI=1S/C22H25N5OS/c1-2-14-27-20(17-23-19-11-7-4-8-12-19)25-26-22(27)29-15-13-21(28)24-16-18-9-5-3-6-10-18/h2-12,23H,1,13-17H2,(H,24,28). The number of aromatic nitrogens is 3. The number of carbonyl (C=O) groups is 1. The van der Waals surface area contributed by atoms with Crippen molar-refractivity contribution in [1.29, 1.82) is 0 Å². The molecule has 0 saturated carbocycles. The molecule has 3 aromatic rings. The summed E-state index contributed by atoms with van der Waals surface area (Å²) < 4.78 is 2.02. The summed E-state index contributed by atoms with van der Waals surface area (Å²) in [5.41, 5.74) is 2.12. The molecule has 1 amide bonds. The Kier molecular flexibility index (Phi) is 7.89. The van der Waals surface area contributed by atoms with Gasteiger partial charge in [-0.2, -0.15) is 0 Å². The van der Waals surface area contributed by atoms with E-state index in [-0.39, 0.29) is 5.91 Å². The van der Waals surface area contributed by atoms with E-state index in [4.69, 9.17) is 0 Å². The van der Waals surface area contributed by atoms with Crippen molar-refractivity contribution in [3.05, 3.63) is 84.7 Å². The second kappa shape index (κ2) is 11.1. The molecule has 0 aliphatic carbocycles. The lowest BCUT2D eigenvalue weighted by molar-refractivity contribution is -0.120. The summed E-state index contributed by atoms with van der Waals surface area (Å²) in [4.78, 5) is 12.1. The Labute approximate surface area is 175 Å². The molecule has 3 rings (SSSR count). The molecule has 0 atom stereocenters. The van der Waals surface area contributed by atoms with Gasteiger partial charge in [-0.1, -0.05) is 66.4 Å². The SMILES string of the molecule is C=CCn1c(CNc2ccccc2)nnc1SCCC(=O)NCc1ccccc1. The first-order valence-electron chi connectivity index (χ1n) is 9.51. The number of thioether (sulfide) groups is 1. The average molecular weight is 408 g/mol. The Morgan fingerprint density at radius 2 is 1.76 bits per heavy atom. The number of benzene rings is 2. The van der Waals surface area contributed by atoms with Crippen molar-refractivity contribution in [3.8, 4) is 0 Å². The van der Waals surface area contributed by atoms with Gasteiger partial charge in [-0.3, -0.25) is 4.79 Å². The van der Waals surface area contributed by atoms with Crippen molar-refractivity contribution in [3.63, 3.8) is 0 Å². The van der Waals surface area contributed by atoms with Crippen molar-refractivity contribution >= 4 is 23.4 Å². The van der Waals surface area contributed by atoms with Gasteiger partial charge in [0.05, 0.1) is 6.54 Å². The Morgan fingerprint density at radius 1 is 1.03 bits per heavy atom. The van der Waals surface area contributed by atoms with Crippen molar-refractivity contribution < 1.29 is 4.79 Å². The van der Waals surface area contributed by atoms with Crippen LogP contribution >= 0.6 is 11.8 Å².